The molecule has 0 bridgehead atoms. The summed E-state index contributed by atoms with van der Waals surface area (Å²) in [7, 11) is 0. The molecule has 0 heterocycles. The Balaban J connectivity index is -0.000000190. The maximum atomic E-state index is 9.60. The highest BCUT2D eigenvalue weighted by atomic mass is 16.5. The minimum absolute atomic E-state index is 0.176. The van der Waals surface area contributed by atoms with Crippen LogP contribution in [0.5, 0.6) is 0 Å². The Morgan fingerprint density at radius 1 is 1.17 bits per heavy atom. The number of carbonyl (C=O) groups is 2. The lowest BCUT2D eigenvalue weighted by Crippen LogP contribution is -2.24. The maximum Gasteiger partial charge on any atom is 0.330 e. The number of hydrogen-bond donors (Lipinski definition) is 4. The van der Waals surface area contributed by atoms with E-state index >= 15 is 0 Å². The second-order valence-corrected chi connectivity index (χ2v) is 4.37. The summed E-state index contributed by atoms with van der Waals surface area (Å²) >= 11 is 0. The molecule has 6 nitrogen and oxygen atoms in total. The third-order valence-electron chi connectivity index (χ3n) is 1.31. The number of carboxylic acids is 2. The van der Waals surface area contributed by atoms with Crippen LogP contribution in [0.3, 0.4) is 0 Å². The molecule has 0 amide bonds. The lowest BCUT2D eigenvalue weighted by molar-refractivity contribution is -0.133. The highest BCUT2D eigenvalue weighted by Crippen LogP contribution is 2.15. The van der Waals surface area contributed by atoms with Crippen LogP contribution in [-0.4, -0.2) is 38.7 Å². The minimum Gasteiger partial charge on any atom is -0.478 e. The summed E-state index contributed by atoms with van der Waals surface area (Å²) in [4.78, 5) is 18.8. The summed E-state index contributed by atoms with van der Waals surface area (Å²) in [6.07, 6.45) is -0.368. The van der Waals surface area contributed by atoms with Crippen molar-refractivity contribution in [2.75, 3.05) is 0 Å². The molecule has 0 saturated carbocycles. The number of rotatable bonds is 2. The summed E-state index contributed by atoms with van der Waals surface area (Å²) in [6, 6.07) is 0. The number of carboxylic acid groups (broad SMARTS) is 2. The van der Waals surface area contributed by atoms with E-state index in [0.29, 0.717) is 0 Å². The van der Waals surface area contributed by atoms with Crippen molar-refractivity contribution in [3.63, 3.8) is 0 Å². The zero-order valence-corrected chi connectivity index (χ0v) is 11.2. The molecular formula is C12H22O6. The average Bonchev–Trinajstić information content (AvgIpc) is 2.17. The summed E-state index contributed by atoms with van der Waals surface area (Å²) < 4.78 is 0. The van der Waals surface area contributed by atoms with Gasteiger partial charge < -0.3 is 20.4 Å². The van der Waals surface area contributed by atoms with E-state index < -0.39 is 18.2 Å². The highest BCUT2D eigenvalue weighted by Gasteiger charge is 2.18. The van der Waals surface area contributed by atoms with Crippen molar-refractivity contribution in [3.8, 4) is 0 Å². The van der Waals surface area contributed by atoms with E-state index in [1.807, 2.05) is 0 Å². The standard InChI is InChI=1S/C5H12O2.C4H6O2.C3H4O2/c1-5(2,3)4(6)7;1-3(2)4(5)6;1-2-3(4)5/h4,6-7H,1-3H3;1H2,2H3,(H,5,6);2H,1H2,(H,4,5). The molecule has 0 atom stereocenters. The molecule has 0 aliphatic carbocycles. The van der Waals surface area contributed by atoms with E-state index in [-0.39, 0.29) is 11.0 Å². The zero-order chi connectivity index (χ0) is 15.5. The first-order valence-corrected chi connectivity index (χ1v) is 4.96. The van der Waals surface area contributed by atoms with Gasteiger partial charge in [0, 0.05) is 17.1 Å². The third-order valence-corrected chi connectivity index (χ3v) is 1.31. The predicted octanol–water partition coefficient (Wildman–Crippen LogP) is 1.25. The molecule has 0 saturated heterocycles. The first-order chi connectivity index (χ1) is 7.86. The Labute approximate surface area is 107 Å². The van der Waals surface area contributed by atoms with E-state index in [0.717, 1.165) is 6.08 Å². The van der Waals surface area contributed by atoms with Crippen LogP contribution in [0.1, 0.15) is 27.7 Å². The largest absolute Gasteiger partial charge is 0.478 e. The fourth-order valence-electron chi connectivity index (χ4n) is 0. The van der Waals surface area contributed by atoms with Crippen molar-refractivity contribution in [2.24, 2.45) is 5.41 Å². The molecule has 0 aromatic rings. The van der Waals surface area contributed by atoms with Crippen LogP contribution in [0.4, 0.5) is 0 Å². The third kappa shape index (κ3) is 23.9. The lowest BCUT2D eigenvalue weighted by Gasteiger charge is -2.19. The molecule has 0 aromatic heterocycles. The molecule has 0 radical (unpaired) electrons. The number of aliphatic hydroxyl groups excluding tert-OH is 1. The Hall–Kier alpha value is -1.66. The van der Waals surface area contributed by atoms with Crippen molar-refractivity contribution < 1.29 is 30.0 Å². The van der Waals surface area contributed by atoms with Gasteiger partial charge in [-0.1, -0.05) is 33.9 Å². The summed E-state index contributed by atoms with van der Waals surface area (Å²) in [5.41, 5.74) is -0.213. The van der Waals surface area contributed by atoms with Crippen LogP contribution in [0.2, 0.25) is 0 Å². The van der Waals surface area contributed by atoms with Gasteiger partial charge in [-0.15, -0.1) is 0 Å². The summed E-state index contributed by atoms with van der Waals surface area (Å²) in [6.45, 7) is 12.8. The van der Waals surface area contributed by atoms with Crippen molar-refractivity contribution in [1.29, 1.82) is 0 Å². The Bertz CT molecular complexity index is 273. The van der Waals surface area contributed by atoms with Crippen molar-refractivity contribution in [2.45, 2.75) is 34.0 Å². The van der Waals surface area contributed by atoms with Gasteiger partial charge in [0.1, 0.15) is 0 Å². The van der Waals surface area contributed by atoms with E-state index in [1.54, 1.807) is 20.8 Å². The van der Waals surface area contributed by atoms with Crippen LogP contribution in [0.25, 0.3) is 0 Å². The second-order valence-electron chi connectivity index (χ2n) is 4.37. The molecule has 106 valence electrons. The summed E-state index contributed by atoms with van der Waals surface area (Å²) in [5.74, 6) is -1.92. The second kappa shape index (κ2) is 10.5. The molecule has 0 fully saturated rings. The summed E-state index contributed by atoms with van der Waals surface area (Å²) in [5, 5.41) is 32.4. The van der Waals surface area contributed by atoms with Crippen LogP contribution < -0.4 is 0 Å². The average molecular weight is 262 g/mol. The molecule has 18 heavy (non-hydrogen) atoms. The minimum atomic E-state index is -1.20. The SMILES string of the molecule is C=C(C)C(=O)O.C=CC(=O)O.CC(C)(C)C(O)O. The van der Waals surface area contributed by atoms with Crippen molar-refractivity contribution in [3.05, 3.63) is 24.8 Å². The van der Waals surface area contributed by atoms with E-state index in [4.69, 9.17) is 20.4 Å². The molecular weight excluding hydrogens is 240 g/mol. The van der Waals surface area contributed by atoms with Gasteiger partial charge in [0.15, 0.2) is 6.29 Å². The van der Waals surface area contributed by atoms with Gasteiger partial charge in [-0.3, -0.25) is 0 Å². The van der Waals surface area contributed by atoms with Crippen LogP contribution in [0.15, 0.2) is 24.8 Å². The molecule has 6 heteroatoms. The fraction of sp³-hybridized carbons (Fsp3) is 0.500. The molecule has 0 spiro atoms. The number of aliphatic carboxylic acids is 2. The Morgan fingerprint density at radius 2 is 1.33 bits per heavy atom. The van der Waals surface area contributed by atoms with E-state index in [9.17, 15) is 9.59 Å². The van der Waals surface area contributed by atoms with Gasteiger partial charge in [0.25, 0.3) is 0 Å². The van der Waals surface area contributed by atoms with Crippen LogP contribution >= 0.6 is 0 Å². The number of hydrogen-bond acceptors (Lipinski definition) is 4. The van der Waals surface area contributed by atoms with Gasteiger partial charge in [0.05, 0.1) is 0 Å². The van der Waals surface area contributed by atoms with Crippen molar-refractivity contribution >= 4 is 11.9 Å². The lowest BCUT2D eigenvalue weighted by atomic mass is 9.96. The van der Waals surface area contributed by atoms with Gasteiger partial charge in [-0.25, -0.2) is 9.59 Å². The molecule has 0 aromatic carbocycles. The Morgan fingerprint density at radius 3 is 1.33 bits per heavy atom. The molecule has 0 aliphatic rings. The van der Waals surface area contributed by atoms with E-state index in [1.165, 1.54) is 6.92 Å². The van der Waals surface area contributed by atoms with Crippen molar-refractivity contribution in [1.82, 2.24) is 0 Å². The number of aliphatic hydroxyl groups is 2. The zero-order valence-electron chi connectivity index (χ0n) is 11.2. The highest BCUT2D eigenvalue weighted by molar-refractivity contribution is 5.84. The first kappa shape index (κ1) is 21.6. The molecule has 4 N–H and O–H groups in total. The fourth-order valence-corrected chi connectivity index (χ4v) is 0. The first-order valence-electron chi connectivity index (χ1n) is 4.96. The van der Waals surface area contributed by atoms with Gasteiger partial charge in [-0.05, 0) is 6.92 Å². The monoisotopic (exact) mass is 262 g/mol. The quantitative estimate of drug-likeness (QED) is 0.439. The molecule has 0 unspecified atom stereocenters. The van der Waals surface area contributed by atoms with E-state index in [2.05, 4.69) is 13.2 Å². The van der Waals surface area contributed by atoms with Crippen LogP contribution in [0, 0.1) is 5.41 Å². The predicted molar refractivity (Wildman–Crippen MR) is 68.0 cm³/mol. The van der Waals surface area contributed by atoms with Gasteiger partial charge in [-0.2, -0.15) is 0 Å². The molecule has 0 rings (SSSR count). The van der Waals surface area contributed by atoms with Gasteiger partial charge >= 0.3 is 11.9 Å². The Kier molecular flexibility index (Phi) is 12.6. The van der Waals surface area contributed by atoms with Gasteiger partial charge in [0.2, 0.25) is 0 Å². The smallest absolute Gasteiger partial charge is 0.330 e. The maximum absolute atomic E-state index is 9.60. The topological polar surface area (TPSA) is 115 Å². The molecule has 0 aliphatic heterocycles. The van der Waals surface area contributed by atoms with Crippen LogP contribution in [-0.2, 0) is 9.59 Å². The normalized spacial score (nSPS) is 9.28.